The maximum Gasteiger partial charge on any atom is 0.339 e. The van der Waals surface area contributed by atoms with E-state index in [1.807, 2.05) is 0 Å². The van der Waals surface area contributed by atoms with Gasteiger partial charge in [0.05, 0.1) is 6.54 Å². The Morgan fingerprint density at radius 2 is 2.11 bits per heavy atom. The van der Waals surface area contributed by atoms with Gasteiger partial charge in [0, 0.05) is 12.0 Å². The number of carboxylic acid groups (broad SMARTS) is 1. The Bertz CT molecular complexity index is 547. The molecule has 5 nitrogen and oxygen atoms in total. The molecule has 0 saturated carbocycles. The van der Waals surface area contributed by atoms with Crippen LogP contribution in [0.3, 0.4) is 0 Å². The number of carboxylic acids is 1. The number of fused-ring (bicyclic) bond motifs is 1. The van der Waals surface area contributed by atoms with Crippen LogP contribution in [0.15, 0.2) is 28.7 Å². The second-order valence-electron chi connectivity index (χ2n) is 3.96. The number of aromatic carboxylic acids is 1. The molecule has 0 aliphatic rings. The largest absolute Gasteiger partial charge is 0.478 e. The van der Waals surface area contributed by atoms with Crippen LogP contribution in [0, 0.1) is 0 Å². The van der Waals surface area contributed by atoms with Gasteiger partial charge in [0.1, 0.15) is 16.9 Å². The van der Waals surface area contributed by atoms with E-state index >= 15 is 0 Å². The predicted octanol–water partition coefficient (Wildman–Crippen LogP) is 1.60. The van der Waals surface area contributed by atoms with Crippen LogP contribution in [0.2, 0.25) is 0 Å². The highest BCUT2D eigenvalue weighted by Gasteiger charge is 2.19. The second kappa shape index (κ2) is 5.66. The maximum absolute atomic E-state index is 11.3. The van der Waals surface area contributed by atoms with Crippen LogP contribution >= 0.6 is 0 Å². The average molecular weight is 249 g/mol. The molecule has 0 bridgehead atoms. The molecule has 1 aromatic heterocycles. The van der Waals surface area contributed by atoms with Crippen molar-refractivity contribution in [2.24, 2.45) is 0 Å². The first-order valence-corrected chi connectivity index (χ1v) is 5.79. The Hall–Kier alpha value is -1.85. The number of hydrogen-bond acceptors (Lipinski definition) is 4. The number of para-hydroxylation sites is 1. The molecule has 18 heavy (non-hydrogen) atoms. The topological polar surface area (TPSA) is 82.7 Å². The molecule has 2 aromatic rings. The number of benzene rings is 1. The van der Waals surface area contributed by atoms with Crippen molar-refractivity contribution in [1.29, 1.82) is 0 Å². The number of aliphatic hydroxyl groups excluding tert-OH is 1. The van der Waals surface area contributed by atoms with Crippen molar-refractivity contribution < 1.29 is 19.4 Å². The van der Waals surface area contributed by atoms with E-state index < -0.39 is 5.97 Å². The van der Waals surface area contributed by atoms with Crippen LogP contribution in [0.25, 0.3) is 11.0 Å². The first kappa shape index (κ1) is 12.6. The van der Waals surface area contributed by atoms with Gasteiger partial charge in [-0.25, -0.2) is 4.79 Å². The van der Waals surface area contributed by atoms with Gasteiger partial charge in [-0.3, -0.25) is 0 Å². The van der Waals surface area contributed by atoms with E-state index in [1.165, 1.54) is 0 Å². The van der Waals surface area contributed by atoms with Gasteiger partial charge in [0.2, 0.25) is 0 Å². The smallest absolute Gasteiger partial charge is 0.339 e. The van der Waals surface area contributed by atoms with Gasteiger partial charge in [-0.15, -0.1) is 0 Å². The normalized spacial score (nSPS) is 10.9. The summed E-state index contributed by atoms with van der Waals surface area (Å²) in [4.78, 5) is 11.3. The number of rotatable bonds is 6. The Morgan fingerprint density at radius 1 is 1.33 bits per heavy atom. The minimum absolute atomic E-state index is 0.110. The summed E-state index contributed by atoms with van der Waals surface area (Å²) >= 11 is 0. The monoisotopic (exact) mass is 249 g/mol. The minimum Gasteiger partial charge on any atom is -0.478 e. The van der Waals surface area contributed by atoms with Gasteiger partial charge in [0.15, 0.2) is 0 Å². The van der Waals surface area contributed by atoms with Crippen molar-refractivity contribution in [2.45, 2.75) is 13.0 Å². The van der Waals surface area contributed by atoms with Gasteiger partial charge in [-0.1, -0.05) is 18.2 Å². The Balaban J connectivity index is 2.25. The third kappa shape index (κ3) is 2.52. The first-order valence-electron chi connectivity index (χ1n) is 5.79. The predicted molar refractivity (Wildman–Crippen MR) is 66.6 cm³/mol. The summed E-state index contributed by atoms with van der Waals surface area (Å²) in [7, 11) is 0. The molecule has 0 amide bonds. The summed E-state index contributed by atoms with van der Waals surface area (Å²) in [6.45, 7) is 1.07. The summed E-state index contributed by atoms with van der Waals surface area (Å²) in [5.41, 5.74) is 0.788. The SMILES string of the molecule is O=C(O)c1c(CNCCCO)oc2ccccc12. The second-order valence-corrected chi connectivity index (χ2v) is 3.96. The standard InChI is InChI=1S/C13H15NO4/c15-7-3-6-14-8-11-12(13(16)17)9-4-1-2-5-10(9)18-11/h1-2,4-5,14-15H,3,6-8H2,(H,16,17). The molecule has 96 valence electrons. The molecule has 3 N–H and O–H groups in total. The molecular formula is C13H15NO4. The van der Waals surface area contributed by atoms with Gasteiger partial charge in [-0.05, 0) is 19.0 Å². The number of carbonyl (C=O) groups is 1. The molecule has 0 aliphatic heterocycles. The zero-order chi connectivity index (χ0) is 13.0. The number of nitrogens with one attached hydrogen (secondary N) is 1. The lowest BCUT2D eigenvalue weighted by molar-refractivity contribution is 0.0696. The molecular weight excluding hydrogens is 234 g/mol. The lowest BCUT2D eigenvalue weighted by Crippen LogP contribution is -2.17. The van der Waals surface area contributed by atoms with Gasteiger partial charge >= 0.3 is 5.97 Å². The highest BCUT2D eigenvalue weighted by Crippen LogP contribution is 2.25. The van der Waals surface area contributed by atoms with Crippen molar-refractivity contribution in [3.05, 3.63) is 35.6 Å². The fourth-order valence-corrected chi connectivity index (χ4v) is 1.86. The quantitative estimate of drug-likeness (QED) is 0.677. The van der Waals surface area contributed by atoms with Gasteiger partial charge < -0.3 is 19.9 Å². The van der Waals surface area contributed by atoms with E-state index in [4.69, 9.17) is 9.52 Å². The lowest BCUT2D eigenvalue weighted by Gasteiger charge is -2.01. The van der Waals surface area contributed by atoms with E-state index in [0.717, 1.165) is 0 Å². The van der Waals surface area contributed by atoms with Gasteiger partial charge in [0.25, 0.3) is 0 Å². The van der Waals surface area contributed by atoms with E-state index in [2.05, 4.69) is 5.32 Å². The van der Waals surface area contributed by atoms with E-state index in [9.17, 15) is 9.90 Å². The third-order valence-corrected chi connectivity index (χ3v) is 2.68. The summed E-state index contributed by atoms with van der Waals surface area (Å²) in [5.74, 6) is -0.569. The zero-order valence-corrected chi connectivity index (χ0v) is 9.85. The molecule has 1 heterocycles. The van der Waals surface area contributed by atoms with Crippen LogP contribution in [-0.4, -0.2) is 29.3 Å². The fourth-order valence-electron chi connectivity index (χ4n) is 1.86. The summed E-state index contributed by atoms with van der Waals surface area (Å²) in [5, 5.41) is 21.5. The van der Waals surface area contributed by atoms with Crippen molar-refractivity contribution in [3.63, 3.8) is 0 Å². The molecule has 0 atom stereocenters. The number of hydrogen-bond donors (Lipinski definition) is 3. The van der Waals surface area contributed by atoms with E-state index in [1.54, 1.807) is 24.3 Å². The minimum atomic E-state index is -0.987. The lowest BCUT2D eigenvalue weighted by atomic mass is 10.1. The zero-order valence-electron chi connectivity index (χ0n) is 9.85. The van der Waals surface area contributed by atoms with Crippen LogP contribution in [-0.2, 0) is 6.54 Å². The van der Waals surface area contributed by atoms with Crippen molar-refractivity contribution in [3.8, 4) is 0 Å². The molecule has 0 radical (unpaired) electrons. The van der Waals surface area contributed by atoms with Crippen LogP contribution in [0.4, 0.5) is 0 Å². The maximum atomic E-state index is 11.3. The van der Waals surface area contributed by atoms with Crippen molar-refractivity contribution in [2.75, 3.05) is 13.2 Å². The molecule has 0 fully saturated rings. The summed E-state index contributed by atoms with van der Waals surface area (Å²) < 4.78 is 5.53. The molecule has 0 unspecified atom stereocenters. The highest BCUT2D eigenvalue weighted by atomic mass is 16.4. The Morgan fingerprint density at radius 3 is 2.83 bits per heavy atom. The molecule has 2 rings (SSSR count). The molecule has 0 saturated heterocycles. The van der Waals surface area contributed by atoms with Crippen molar-refractivity contribution >= 4 is 16.9 Å². The Labute approximate surface area is 104 Å². The molecule has 0 aliphatic carbocycles. The van der Waals surface area contributed by atoms with Crippen LogP contribution in [0.1, 0.15) is 22.5 Å². The third-order valence-electron chi connectivity index (χ3n) is 2.68. The van der Waals surface area contributed by atoms with E-state index in [0.29, 0.717) is 36.2 Å². The Kier molecular flexibility index (Phi) is 3.96. The van der Waals surface area contributed by atoms with Crippen molar-refractivity contribution in [1.82, 2.24) is 5.32 Å². The number of aliphatic hydroxyl groups is 1. The van der Waals surface area contributed by atoms with Crippen LogP contribution < -0.4 is 5.32 Å². The number of furan rings is 1. The van der Waals surface area contributed by atoms with Crippen LogP contribution in [0.5, 0.6) is 0 Å². The molecule has 0 spiro atoms. The fraction of sp³-hybridized carbons (Fsp3) is 0.308. The summed E-state index contributed by atoms with van der Waals surface area (Å²) in [6.07, 6.45) is 0.628. The molecule has 5 heteroatoms. The molecule has 1 aromatic carbocycles. The average Bonchev–Trinajstić information content (AvgIpc) is 2.73. The highest BCUT2D eigenvalue weighted by molar-refractivity contribution is 6.03. The van der Waals surface area contributed by atoms with Gasteiger partial charge in [-0.2, -0.15) is 0 Å². The first-order chi connectivity index (χ1) is 8.74. The summed E-state index contributed by atoms with van der Waals surface area (Å²) in [6, 6.07) is 7.08. The van der Waals surface area contributed by atoms with E-state index in [-0.39, 0.29) is 12.2 Å².